The highest BCUT2D eigenvalue weighted by atomic mass is 13.9. The third-order valence-electron chi connectivity index (χ3n) is 1.86. The van der Waals surface area contributed by atoms with E-state index >= 15 is 0 Å². The van der Waals surface area contributed by atoms with Gasteiger partial charge < -0.3 is 0 Å². The minimum Gasteiger partial charge on any atom is -0.0654 e. The van der Waals surface area contributed by atoms with Crippen LogP contribution in [0.2, 0.25) is 0 Å². The van der Waals surface area contributed by atoms with Crippen molar-refractivity contribution in [1.82, 2.24) is 0 Å². The van der Waals surface area contributed by atoms with Gasteiger partial charge in [0.05, 0.1) is 0 Å². The van der Waals surface area contributed by atoms with Crippen molar-refractivity contribution < 1.29 is 0 Å². The monoisotopic (exact) mass is 147 g/mol. The van der Waals surface area contributed by atoms with Gasteiger partial charge in [0.2, 0.25) is 0 Å². The molecule has 1 aromatic carbocycles. The van der Waals surface area contributed by atoms with Crippen LogP contribution in [0.3, 0.4) is 0 Å². The van der Waals surface area contributed by atoms with Crippen molar-refractivity contribution in [3.8, 4) is 0 Å². The molecule has 0 amide bonds. The van der Waals surface area contributed by atoms with Gasteiger partial charge in [0.15, 0.2) is 0 Å². The molecule has 0 saturated carbocycles. The van der Waals surface area contributed by atoms with Crippen LogP contribution in [-0.4, -0.2) is 0 Å². The average Bonchev–Trinajstić information content (AvgIpc) is 2.07. The largest absolute Gasteiger partial charge is 0.0654 e. The fourth-order valence-electron chi connectivity index (χ4n) is 1.17. The van der Waals surface area contributed by atoms with E-state index in [1.165, 1.54) is 31.2 Å². The van der Waals surface area contributed by atoms with E-state index < -0.39 is 0 Å². The molecule has 0 saturated heterocycles. The molecular formula is C11H15. The molecule has 1 aromatic rings. The second-order valence-corrected chi connectivity index (χ2v) is 2.87. The van der Waals surface area contributed by atoms with Gasteiger partial charge in [-0.15, -0.1) is 0 Å². The minimum atomic E-state index is 1.22. The van der Waals surface area contributed by atoms with E-state index in [4.69, 9.17) is 0 Å². The van der Waals surface area contributed by atoms with Crippen LogP contribution in [0.4, 0.5) is 0 Å². The van der Waals surface area contributed by atoms with Crippen molar-refractivity contribution in [3.63, 3.8) is 0 Å². The summed E-state index contributed by atoms with van der Waals surface area (Å²) in [6.07, 6.45) is 5.20. The summed E-state index contributed by atoms with van der Waals surface area (Å²) in [5, 5.41) is 0. The Hall–Kier alpha value is -0.780. The summed E-state index contributed by atoms with van der Waals surface area (Å²) in [7, 11) is 0. The van der Waals surface area contributed by atoms with Crippen molar-refractivity contribution in [2.24, 2.45) is 0 Å². The molecule has 0 bridgehead atoms. The van der Waals surface area contributed by atoms with Crippen LogP contribution in [0, 0.1) is 6.07 Å². The van der Waals surface area contributed by atoms with E-state index in [1.54, 1.807) is 0 Å². The Morgan fingerprint density at radius 3 is 2.55 bits per heavy atom. The molecule has 0 aliphatic rings. The van der Waals surface area contributed by atoms with E-state index in [9.17, 15) is 0 Å². The molecule has 1 radical (unpaired) electrons. The maximum absolute atomic E-state index is 3.02. The molecule has 0 heteroatoms. The topological polar surface area (TPSA) is 0 Å². The fraction of sp³-hybridized carbons (Fsp3) is 0.455. The van der Waals surface area contributed by atoms with Gasteiger partial charge in [-0.2, -0.15) is 0 Å². The zero-order valence-corrected chi connectivity index (χ0v) is 7.14. The highest BCUT2D eigenvalue weighted by Crippen LogP contribution is 2.04. The molecule has 59 valence electrons. The van der Waals surface area contributed by atoms with Crippen LogP contribution in [0.15, 0.2) is 24.3 Å². The van der Waals surface area contributed by atoms with Gasteiger partial charge in [0.25, 0.3) is 0 Å². The van der Waals surface area contributed by atoms with E-state index in [0.717, 1.165) is 0 Å². The van der Waals surface area contributed by atoms with E-state index in [2.05, 4.69) is 25.1 Å². The molecule has 11 heavy (non-hydrogen) atoms. The van der Waals surface area contributed by atoms with Crippen LogP contribution in [0.5, 0.6) is 0 Å². The summed E-state index contributed by atoms with van der Waals surface area (Å²) in [5.41, 5.74) is 1.44. The molecule has 0 spiro atoms. The van der Waals surface area contributed by atoms with Crippen molar-refractivity contribution in [2.45, 2.75) is 32.6 Å². The Kier molecular flexibility index (Phi) is 3.74. The highest BCUT2D eigenvalue weighted by molar-refractivity contribution is 5.13. The maximum Gasteiger partial charge on any atom is -0.0184 e. The molecule has 0 N–H and O–H groups in total. The Bertz CT molecular complexity index is 176. The highest BCUT2D eigenvalue weighted by Gasteiger charge is 1.89. The number of hydrogen-bond donors (Lipinski definition) is 0. The van der Waals surface area contributed by atoms with Crippen molar-refractivity contribution in [1.29, 1.82) is 0 Å². The predicted molar refractivity (Wildman–Crippen MR) is 48.5 cm³/mol. The summed E-state index contributed by atoms with van der Waals surface area (Å²) in [4.78, 5) is 0. The molecule has 0 aliphatic carbocycles. The molecule has 0 heterocycles. The predicted octanol–water partition coefficient (Wildman–Crippen LogP) is 3.22. The van der Waals surface area contributed by atoms with E-state index in [-0.39, 0.29) is 0 Å². The maximum atomic E-state index is 3.02. The Balaban J connectivity index is 2.28. The molecule has 0 unspecified atom stereocenters. The molecule has 0 aliphatic heterocycles. The first-order chi connectivity index (χ1) is 5.43. The van der Waals surface area contributed by atoms with Gasteiger partial charge in [-0.3, -0.25) is 0 Å². The van der Waals surface area contributed by atoms with Crippen LogP contribution in [0.25, 0.3) is 0 Å². The van der Waals surface area contributed by atoms with E-state index in [0.29, 0.717) is 0 Å². The lowest BCUT2D eigenvalue weighted by molar-refractivity contribution is 0.717. The smallest absolute Gasteiger partial charge is 0.0184 e. The quantitative estimate of drug-likeness (QED) is 0.574. The van der Waals surface area contributed by atoms with Gasteiger partial charge in [-0.05, 0) is 24.5 Å². The molecule has 0 aromatic heterocycles. The lowest BCUT2D eigenvalue weighted by Crippen LogP contribution is -1.83. The SMILES string of the molecule is CCCCCc1cc[c]cc1. The van der Waals surface area contributed by atoms with Gasteiger partial charge in [-0.25, -0.2) is 0 Å². The Labute approximate surface area is 69.3 Å². The number of aryl methyl sites for hydroxylation is 1. The molecule has 1 rings (SSSR count). The van der Waals surface area contributed by atoms with Gasteiger partial charge in [0.1, 0.15) is 0 Å². The zero-order valence-electron chi connectivity index (χ0n) is 7.14. The molecule has 0 fully saturated rings. The minimum absolute atomic E-state index is 1.22. The summed E-state index contributed by atoms with van der Waals surface area (Å²) in [6.45, 7) is 2.23. The summed E-state index contributed by atoms with van der Waals surface area (Å²) in [5.74, 6) is 0. The van der Waals surface area contributed by atoms with Gasteiger partial charge in [0, 0.05) is 0 Å². The molecule has 0 nitrogen and oxygen atoms in total. The van der Waals surface area contributed by atoms with Crippen LogP contribution < -0.4 is 0 Å². The van der Waals surface area contributed by atoms with Crippen molar-refractivity contribution >= 4 is 0 Å². The number of rotatable bonds is 4. The zero-order chi connectivity index (χ0) is 7.94. The normalized spacial score (nSPS) is 9.91. The van der Waals surface area contributed by atoms with Gasteiger partial charge >= 0.3 is 0 Å². The number of unbranched alkanes of at least 4 members (excludes halogenated alkanes) is 2. The third kappa shape index (κ3) is 3.22. The third-order valence-corrected chi connectivity index (χ3v) is 1.86. The lowest BCUT2D eigenvalue weighted by atomic mass is 10.1. The standard InChI is InChI=1S/C11H15/c1-2-3-5-8-11-9-6-4-7-10-11/h6-7,9-10H,2-3,5,8H2,1H3. The van der Waals surface area contributed by atoms with Crippen molar-refractivity contribution in [3.05, 3.63) is 35.9 Å². The van der Waals surface area contributed by atoms with Crippen LogP contribution in [0.1, 0.15) is 31.7 Å². The number of hydrogen-bond acceptors (Lipinski definition) is 0. The summed E-state index contributed by atoms with van der Waals surface area (Å²) in [6, 6.07) is 11.3. The second kappa shape index (κ2) is 4.95. The fourth-order valence-corrected chi connectivity index (χ4v) is 1.17. The first-order valence-electron chi connectivity index (χ1n) is 4.38. The molecule has 0 atom stereocenters. The Morgan fingerprint density at radius 2 is 1.91 bits per heavy atom. The van der Waals surface area contributed by atoms with Crippen LogP contribution >= 0.6 is 0 Å². The van der Waals surface area contributed by atoms with Gasteiger partial charge in [-0.1, -0.05) is 44.0 Å². The summed E-state index contributed by atoms with van der Waals surface area (Å²) < 4.78 is 0. The van der Waals surface area contributed by atoms with Crippen LogP contribution in [-0.2, 0) is 6.42 Å². The number of benzene rings is 1. The lowest BCUT2D eigenvalue weighted by Gasteiger charge is -1.98. The molecular weight excluding hydrogens is 132 g/mol. The first kappa shape index (κ1) is 8.32. The summed E-state index contributed by atoms with van der Waals surface area (Å²) >= 11 is 0. The first-order valence-corrected chi connectivity index (χ1v) is 4.38. The van der Waals surface area contributed by atoms with Crippen molar-refractivity contribution in [2.75, 3.05) is 0 Å². The Morgan fingerprint density at radius 1 is 1.18 bits per heavy atom. The van der Waals surface area contributed by atoms with E-state index in [1.807, 2.05) is 12.1 Å². The second-order valence-electron chi connectivity index (χ2n) is 2.87. The average molecular weight is 147 g/mol.